The summed E-state index contributed by atoms with van der Waals surface area (Å²) in [5.41, 5.74) is 6.29. The van der Waals surface area contributed by atoms with Crippen LogP contribution in [0.3, 0.4) is 0 Å². The third kappa shape index (κ3) is 1.84. The number of nitrogens with zero attached hydrogens (tertiary/aromatic N) is 2. The van der Waals surface area contributed by atoms with E-state index in [-0.39, 0.29) is 11.9 Å². The van der Waals surface area contributed by atoms with E-state index in [0.717, 1.165) is 5.69 Å². The van der Waals surface area contributed by atoms with Crippen LogP contribution in [-0.2, 0) is 9.63 Å². The van der Waals surface area contributed by atoms with E-state index in [4.69, 9.17) is 4.84 Å². The van der Waals surface area contributed by atoms with Crippen molar-refractivity contribution < 1.29 is 9.63 Å². The van der Waals surface area contributed by atoms with Crippen LogP contribution in [0, 0.1) is 5.92 Å². The molecule has 0 saturated carbocycles. The summed E-state index contributed by atoms with van der Waals surface area (Å²) in [6, 6.07) is 3.62. The Balaban J connectivity index is 2.11. The fourth-order valence-electron chi connectivity index (χ4n) is 1.08. The molecule has 0 spiro atoms. The molecule has 2 rings (SSSR count). The van der Waals surface area contributed by atoms with E-state index in [0.29, 0.717) is 5.82 Å². The Kier molecular flexibility index (Phi) is 2.42. The van der Waals surface area contributed by atoms with Crippen molar-refractivity contribution in [2.75, 3.05) is 10.6 Å². The van der Waals surface area contributed by atoms with Gasteiger partial charge in [-0.3, -0.25) is 5.43 Å². The molecule has 1 aromatic rings. The number of rotatable bonds is 2. The van der Waals surface area contributed by atoms with Crippen molar-refractivity contribution in [1.29, 1.82) is 0 Å². The van der Waals surface area contributed by atoms with Crippen LogP contribution < -0.4 is 16.1 Å². The number of hydrogen-bond acceptors (Lipinski definition) is 6. The normalized spacial score (nSPS) is 13.7. The highest BCUT2D eigenvalue weighted by Gasteiger charge is 2.24. The highest BCUT2D eigenvalue weighted by molar-refractivity contribution is 5.75. The molecule has 0 unspecified atom stereocenters. The molecule has 1 aliphatic rings. The van der Waals surface area contributed by atoms with Crippen LogP contribution in [-0.4, -0.2) is 11.0 Å². The average Bonchev–Trinajstić information content (AvgIpc) is 2.62. The molecule has 0 radical (unpaired) electrons. The summed E-state index contributed by atoms with van der Waals surface area (Å²) in [6.45, 7) is 3.54. The third-order valence-corrected chi connectivity index (χ3v) is 1.92. The smallest absolute Gasteiger partial charge is 0.322 e. The van der Waals surface area contributed by atoms with Crippen molar-refractivity contribution in [3.63, 3.8) is 0 Å². The van der Waals surface area contributed by atoms with Gasteiger partial charge in [0, 0.05) is 6.20 Å². The second-order valence-corrected chi connectivity index (χ2v) is 3.47. The SMILES string of the molecule is CC(C)C(=O)ON1NNc2cccnc21. The van der Waals surface area contributed by atoms with Crippen LogP contribution in [0.2, 0.25) is 0 Å². The summed E-state index contributed by atoms with van der Waals surface area (Å²) < 4.78 is 0. The van der Waals surface area contributed by atoms with Gasteiger partial charge >= 0.3 is 5.97 Å². The average molecular weight is 208 g/mol. The number of carbonyl (C=O) groups excluding carboxylic acids is 1. The summed E-state index contributed by atoms with van der Waals surface area (Å²) in [6.07, 6.45) is 1.63. The summed E-state index contributed by atoms with van der Waals surface area (Å²) in [7, 11) is 0. The zero-order valence-corrected chi connectivity index (χ0v) is 8.52. The van der Waals surface area contributed by atoms with Crippen molar-refractivity contribution in [3.05, 3.63) is 18.3 Å². The molecule has 6 nitrogen and oxygen atoms in total. The molecule has 1 aromatic heterocycles. The number of pyridine rings is 1. The number of hydrogen-bond donors (Lipinski definition) is 2. The fourth-order valence-corrected chi connectivity index (χ4v) is 1.08. The molecule has 0 aliphatic carbocycles. The zero-order chi connectivity index (χ0) is 10.8. The van der Waals surface area contributed by atoms with Crippen LogP contribution in [0.25, 0.3) is 0 Å². The Bertz CT molecular complexity index is 380. The van der Waals surface area contributed by atoms with Crippen LogP contribution in [0.15, 0.2) is 18.3 Å². The van der Waals surface area contributed by atoms with Gasteiger partial charge in [0.25, 0.3) is 0 Å². The monoisotopic (exact) mass is 208 g/mol. The van der Waals surface area contributed by atoms with Gasteiger partial charge in [0.1, 0.15) is 0 Å². The Hall–Kier alpha value is -1.82. The number of anilines is 2. The molecule has 2 heterocycles. The van der Waals surface area contributed by atoms with E-state index in [1.165, 1.54) is 5.17 Å². The van der Waals surface area contributed by atoms with Crippen molar-refractivity contribution in [3.8, 4) is 0 Å². The highest BCUT2D eigenvalue weighted by Crippen LogP contribution is 2.25. The number of fused-ring (bicyclic) bond motifs is 1. The van der Waals surface area contributed by atoms with E-state index in [9.17, 15) is 4.79 Å². The lowest BCUT2D eigenvalue weighted by molar-refractivity contribution is -0.149. The predicted octanol–water partition coefficient (Wildman–Crippen LogP) is 0.847. The van der Waals surface area contributed by atoms with Crippen molar-refractivity contribution in [1.82, 2.24) is 10.5 Å². The van der Waals surface area contributed by atoms with E-state index < -0.39 is 0 Å². The number of nitrogens with one attached hydrogen (secondary N) is 2. The summed E-state index contributed by atoms with van der Waals surface area (Å²) in [5.74, 6) is 0.0499. The molecule has 0 fully saturated rings. The van der Waals surface area contributed by atoms with Gasteiger partial charge in [-0.25, -0.2) is 9.78 Å². The predicted molar refractivity (Wildman–Crippen MR) is 54.4 cm³/mol. The van der Waals surface area contributed by atoms with Crippen LogP contribution in [0.1, 0.15) is 13.8 Å². The molecule has 0 atom stereocenters. The molecular weight excluding hydrogens is 196 g/mol. The molecule has 0 aromatic carbocycles. The number of aromatic nitrogens is 1. The molecule has 1 aliphatic heterocycles. The summed E-state index contributed by atoms with van der Waals surface area (Å²) in [4.78, 5) is 20.5. The van der Waals surface area contributed by atoms with Gasteiger partial charge in [-0.1, -0.05) is 19.0 Å². The van der Waals surface area contributed by atoms with Crippen LogP contribution in [0.5, 0.6) is 0 Å². The second-order valence-electron chi connectivity index (χ2n) is 3.47. The van der Waals surface area contributed by atoms with Gasteiger partial charge in [0.15, 0.2) is 0 Å². The summed E-state index contributed by atoms with van der Waals surface area (Å²) in [5, 5.41) is 1.22. The minimum Gasteiger partial charge on any atom is -0.322 e. The number of hydrazine groups is 2. The van der Waals surface area contributed by atoms with E-state index in [1.807, 2.05) is 6.07 Å². The van der Waals surface area contributed by atoms with E-state index >= 15 is 0 Å². The molecule has 0 bridgehead atoms. The topological polar surface area (TPSA) is 66.5 Å². The standard InChI is InChI=1S/C9H12N4O2/c1-6(2)9(14)15-13-8-7(11-12-13)4-3-5-10-8/h3-6,11-12H,1-2H3. The molecule has 6 heteroatoms. The van der Waals surface area contributed by atoms with Gasteiger partial charge in [0.2, 0.25) is 5.82 Å². The molecular formula is C9H12N4O2. The fraction of sp³-hybridized carbons (Fsp3) is 0.333. The van der Waals surface area contributed by atoms with Gasteiger partial charge in [0.05, 0.1) is 11.6 Å². The molecule has 0 saturated heterocycles. The van der Waals surface area contributed by atoms with Gasteiger partial charge in [-0.2, -0.15) is 0 Å². The highest BCUT2D eigenvalue weighted by atomic mass is 16.7. The first kappa shape index (κ1) is 9.72. The quantitative estimate of drug-likeness (QED) is 0.751. The first-order valence-corrected chi connectivity index (χ1v) is 4.67. The first-order chi connectivity index (χ1) is 7.18. The lowest BCUT2D eigenvalue weighted by Gasteiger charge is -2.16. The lowest BCUT2D eigenvalue weighted by Crippen LogP contribution is -2.39. The van der Waals surface area contributed by atoms with Gasteiger partial charge < -0.3 is 4.84 Å². The summed E-state index contributed by atoms with van der Waals surface area (Å²) >= 11 is 0. The maximum atomic E-state index is 11.3. The largest absolute Gasteiger partial charge is 0.336 e. The van der Waals surface area contributed by atoms with Crippen molar-refractivity contribution in [2.45, 2.75) is 13.8 Å². The first-order valence-electron chi connectivity index (χ1n) is 4.67. The molecule has 0 amide bonds. The lowest BCUT2D eigenvalue weighted by atomic mass is 10.2. The van der Waals surface area contributed by atoms with E-state index in [2.05, 4.69) is 15.9 Å². The molecule has 15 heavy (non-hydrogen) atoms. The van der Waals surface area contributed by atoms with Gasteiger partial charge in [-0.15, -0.1) is 5.53 Å². The van der Waals surface area contributed by atoms with Crippen molar-refractivity contribution in [2.24, 2.45) is 5.92 Å². The Labute approximate surface area is 87.1 Å². The van der Waals surface area contributed by atoms with E-state index in [1.54, 1.807) is 26.1 Å². The van der Waals surface area contributed by atoms with Gasteiger partial charge in [-0.05, 0) is 12.1 Å². The molecule has 80 valence electrons. The Morgan fingerprint density at radius 1 is 1.60 bits per heavy atom. The van der Waals surface area contributed by atoms with Crippen molar-refractivity contribution >= 4 is 17.5 Å². The maximum absolute atomic E-state index is 11.3. The zero-order valence-electron chi connectivity index (χ0n) is 8.52. The minimum atomic E-state index is -0.317. The van der Waals surface area contributed by atoms with Crippen LogP contribution >= 0.6 is 0 Å². The minimum absolute atomic E-state index is 0.181. The number of carbonyl (C=O) groups is 1. The molecule has 2 N–H and O–H groups in total. The Morgan fingerprint density at radius 2 is 2.40 bits per heavy atom. The third-order valence-electron chi connectivity index (χ3n) is 1.92. The van der Waals surface area contributed by atoms with Crippen LogP contribution in [0.4, 0.5) is 11.5 Å². The Morgan fingerprint density at radius 3 is 3.13 bits per heavy atom. The second kappa shape index (κ2) is 3.74. The maximum Gasteiger partial charge on any atom is 0.336 e.